The number of nitrogens with one attached hydrogen (secondary N) is 1. The van der Waals surface area contributed by atoms with E-state index in [-0.39, 0.29) is 18.6 Å². The Morgan fingerprint density at radius 2 is 2.23 bits per heavy atom. The van der Waals surface area contributed by atoms with E-state index in [0.29, 0.717) is 24.6 Å². The third-order valence-corrected chi connectivity index (χ3v) is 3.98. The minimum Gasteiger partial charge on any atom is -0.493 e. The number of benzene rings is 1. The number of carbonyl (C=O) groups is 1. The first-order valence-electron chi connectivity index (χ1n) is 7.53. The molecule has 0 spiro atoms. The van der Waals surface area contributed by atoms with Crippen LogP contribution < -0.4 is 14.8 Å². The van der Waals surface area contributed by atoms with Gasteiger partial charge >= 0.3 is 6.03 Å². The molecule has 0 aliphatic carbocycles. The molecule has 1 fully saturated rings. The highest BCUT2D eigenvalue weighted by atomic mass is 16.5. The second-order valence-corrected chi connectivity index (χ2v) is 5.45. The summed E-state index contributed by atoms with van der Waals surface area (Å²) in [6.45, 7) is 1.85. The molecule has 0 radical (unpaired) electrons. The Bertz CT molecular complexity index is 507. The van der Waals surface area contributed by atoms with Crippen molar-refractivity contribution in [1.82, 2.24) is 10.2 Å². The number of aliphatic hydroxyl groups excluding tert-OH is 1. The number of urea groups is 1. The van der Waals surface area contributed by atoms with Gasteiger partial charge in [0.15, 0.2) is 11.5 Å². The number of aliphatic hydroxyl groups is 1. The van der Waals surface area contributed by atoms with Gasteiger partial charge in [0.1, 0.15) is 0 Å². The molecule has 122 valence electrons. The van der Waals surface area contributed by atoms with Gasteiger partial charge in [-0.3, -0.25) is 0 Å². The smallest absolute Gasteiger partial charge is 0.317 e. The summed E-state index contributed by atoms with van der Waals surface area (Å²) < 4.78 is 10.6. The van der Waals surface area contributed by atoms with Crippen LogP contribution in [-0.2, 0) is 6.54 Å². The van der Waals surface area contributed by atoms with Crippen LogP contribution in [0.1, 0.15) is 18.4 Å². The summed E-state index contributed by atoms with van der Waals surface area (Å²) in [5.74, 6) is 1.47. The summed E-state index contributed by atoms with van der Waals surface area (Å²) >= 11 is 0. The van der Waals surface area contributed by atoms with Crippen LogP contribution in [0.3, 0.4) is 0 Å². The fourth-order valence-corrected chi connectivity index (χ4v) is 2.77. The quantitative estimate of drug-likeness (QED) is 0.867. The summed E-state index contributed by atoms with van der Waals surface area (Å²) in [5.41, 5.74) is 0.867. The molecule has 6 heteroatoms. The van der Waals surface area contributed by atoms with E-state index in [4.69, 9.17) is 9.47 Å². The van der Waals surface area contributed by atoms with Gasteiger partial charge in [0.2, 0.25) is 0 Å². The molecule has 1 unspecified atom stereocenters. The average molecular weight is 308 g/mol. The molecule has 1 atom stereocenters. The lowest BCUT2D eigenvalue weighted by Gasteiger charge is -2.31. The summed E-state index contributed by atoms with van der Waals surface area (Å²) in [6.07, 6.45) is 1.91. The van der Waals surface area contributed by atoms with Gasteiger partial charge < -0.3 is 24.8 Å². The minimum absolute atomic E-state index is 0.108. The molecule has 1 aliphatic rings. The average Bonchev–Trinajstić information content (AvgIpc) is 2.59. The zero-order valence-electron chi connectivity index (χ0n) is 13.2. The van der Waals surface area contributed by atoms with Gasteiger partial charge in [-0.15, -0.1) is 0 Å². The van der Waals surface area contributed by atoms with E-state index in [9.17, 15) is 9.90 Å². The zero-order valence-corrected chi connectivity index (χ0v) is 13.2. The van der Waals surface area contributed by atoms with E-state index in [0.717, 1.165) is 24.9 Å². The molecule has 1 saturated heterocycles. The summed E-state index contributed by atoms with van der Waals surface area (Å²) in [5, 5.41) is 12.1. The first-order valence-corrected chi connectivity index (χ1v) is 7.53. The molecule has 1 aliphatic heterocycles. The second-order valence-electron chi connectivity index (χ2n) is 5.45. The number of rotatable bonds is 5. The van der Waals surface area contributed by atoms with Crippen molar-refractivity contribution in [2.75, 3.05) is 33.9 Å². The molecule has 6 nitrogen and oxygen atoms in total. The minimum atomic E-state index is -0.108. The monoisotopic (exact) mass is 308 g/mol. The third-order valence-electron chi connectivity index (χ3n) is 3.98. The maximum absolute atomic E-state index is 12.2. The predicted molar refractivity (Wildman–Crippen MR) is 83.2 cm³/mol. The number of nitrogens with zero attached hydrogens (tertiary/aromatic N) is 1. The van der Waals surface area contributed by atoms with Crippen LogP contribution in [0.25, 0.3) is 0 Å². The van der Waals surface area contributed by atoms with E-state index >= 15 is 0 Å². The van der Waals surface area contributed by atoms with Crippen molar-refractivity contribution in [2.45, 2.75) is 19.4 Å². The van der Waals surface area contributed by atoms with Crippen LogP contribution >= 0.6 is 0 Å². The number of likely N-dealkylation sites (tertiary alicyclic amines) is 1. The highest BCUT2D eigenvalue weighted by molar-refractivity contribution is 5.74. The van der Waals surface area contributed by atoms with Gasteiger partial charge in [-0.05, 0) is 24.8 Å². The normalized spacial score (nSPS) is 18.0. The van der Waals surface area contributed by atoms with Gasteiger partial charge in [0, 0.05) is 31.8 Å². The van der Waals surface area contributed by atoms with Crippen LogP contribution in [0.2, 0.25) is 0 Å². The van der Waals surface area contributed by atoms with E-state index in [1.54, 1.807) is 19.1 Å². The molecule has 0 saturated carbocycles. The van der Waals surface area contributed by atoms with Crippen molar-refractivity contribution in [1.29, 1.82) is 0 Å². The molecule has 1 heterocycles. The van der Waals surface area contributed by atoms with Crippen molar-refractivity contribution in [3.05, 3.63) is 23.8 Å². The van der Waals surface area contributed by atoms with E-state index < -0.39 is 0 Å². The number of carbonyl (C=O) groups excluding carboxylic acids is 1. The Hall–Kier alpha value is -1.95. The molecular weight excluding hydrogens is 284 g/mol. The van der Waals surface area contributed by atoms with Gasteiger partial charge in [-0.1, -0.05) is 12.1 Å². The first kappa shape index (κ1) is 16.4. The zero-order chi connectivity index (χ0) is 15.9. The SMILES string of the molecule is COc1cccc(CNC(=O)N2CCCC(CO)C2)c1OC. The van der Waals surface area contributed by atoms with Crippen LogP contribution in [0.4, 0.5) is 4.79 Å². The maximum atomic E-state index is 12.2. The fourth-order valence-electron chi connectivity index (χ4n) is 2.77. The third kappa shape index (κ3) is 3.82. The molecule has 2 rings (SSSR count). The molecular formula is C16H24N2O4. The molecule has 0 aromatic heterocycles. The number of hydrogen-bond donors (Lipinski definition) is 2. The second kappa shape index (κ2) is 7.89. The van der Waals surface area contributed by atoms with Gasteiger partial charge in [-0.2, -0.15) is 0 Å². The number of methoxy groups -OCH3 is 2. The summed E-state index contributed by atoms with van der Waals surface area (Å²) in [7, 11) is 3.17. The van der Waals surface area contributed by atoms with Crippen molar-refractivity contribution < 1.29 is 19.4 Å². The number of ether oxygens (including phenoxy) is 2. The van der Waals surface area contributed by atoms with E-state index in [1.165, 1.54) is 0 Å². The molecule has 2 amide bonds. The number of amides is 2. The van der Waals surface area contributed by atoms with Crippen LogP contribution in [0.15, 0.2) is 18.2 Å². The highest BCUT2D eigenvalue weighted by Crippen LogP contribution is 2.30. The van der Waals surface area contributed by atoms with Crippen LogP contribution in [-0.4, -0.2) is 50.0 Å². The van der Waals surface area contributed by atoms with Crippen molar-refractivity contribution in [3.8, 4) is 11.5 Å². The van der Waals surface area contributed by atoms with Crippen molar-refractivity contribution in [3.63, 3.8) is 0 Å². The highest BCUT2D eigenvalue weighted by Gasteiger charge is 2.23. The Kier molecular flexibility index (Phi) is 5.89. The van der Waals surface area contributed by atoms with E-state index in [2.05, 4.69) is 5.32 Å². The lowest BCUT2D eigenvalue weighted by molar-refractivity contribution is 0.129. The lowest BCUT2D eigenvalue weighted by Crippen LogP contribution is -2.45. The molecule has 0 bridgehead atoms. The topological polar surface area (TPSA) is 71.0 Å². The Balaban J connectivity index is 1.96. The summed E-state index contributed by atoms with van der Waals surface area (Å²) in [4.78, 5) is 14.0. The van der Waals surface area contributed by atoms with Crippen molar-refractivity contribution >= 4 is 6.03 Å². The summed E-state index contributed by atoms with van der Waals surface area (Å²) in [6, 6.07) is 5.48. The van der Waals surface area contributed by atoms with Crippen LogP contribution in [0, 0.1) is 5.92 Å². The van der Waals surface area contributed by atoms with Crippen LogP contribution in [0.5, 0.6) is 11.5 Å². The Morgan fingerprint density at radius 1 is 1.41 bits per heavy atom. The molecule has 22 heavy (non-hydrogen) atoms. The predicted octanol–water partition coefficient (Wildman–Crippen LogP) is 1.62. The Morgan fingerprint density at radius 3 is 2.91 bits per heavy atom. The van der Waals surface area contributed by atoms with Gasteiger partial charge in [0.05, 0.1) is 14.2 Å². The fraction of sp³-hybridized carbons (Fsp3) is 0.562. The number of piperidine rings is 1. The number of hydrogen-bond acceptors (Lipinski definition) is 4. The Labute approximate surface area is 131 Å². The number of para-hydroxylation sites is 1. The standard InChI is InChI=1S/C16H24N2O4/c1-21-14-7-3-6-13(15(14)22-2)9-17-16(20)18-8-4-5-12(10-18)11-19/h3,6-7,12,19H,4-5,8-11H2,1-2H3,(H,17,20). The molecule has 1 aromatic rings. The van der Waals surface area contributed by atoms with Gasteiger partial charge in [0.25, 0.3) is 0 Å². The maximum Gasteiger partial charge on any atom is 0.317 e. The van der Waals surface area contributed by atoms with E-state index in [1.807, 2.05) is 18.2 Å². The van der Waals surface area contributed by atoms with Gasteiger partial charge in [-0.25, -0.2) is 4.79 Å². The first-order chi connectivity index (χ1) is 10.7. The largest absolute Gasteiger partial charge is 0.493 e. The lowest BCUT2D eigenvalue weighted by atomic mass is 9.99. The van der Waals surface area contributed by atoms with Crippen molar-refractivity contribution in [2.24, 2.45) is 5.92 Å². The molecule has 1 aromatic carbocycles. The molecule has 2 N–H and O–H groups in total.